The van der Waals surface area contributed by atoms with E-state index in [1.807, 2.05) is 24.3 Å². The summed E-state index contributed by atoms with van der Waals surface area (Å²) in [4.78, 5) is 32.9. The van der Waals surface area contributed by atoms with Crippen molar-refractivity contribution in [3.63, 3.8) is 0 Å². The molecule has 0 saturated heterocycles. The van der Waals surface area contributed by atoms with Gasteiger partial charge in [-0.05, 0) is 54.4 Å². The zero-order valence-corrected chi connectivity index (χ0v) is 16.6. The van der Waals surface area contributed by atoms with Gasteiger partial charge in [0.2, 0.25) is 0 Å². The molecule has 1 amide bonds. The molecule has 0 spiro atoms. The molecular formula is C22H23N3O4. The molecule has 7 heteroatoms. The minimum absolute atomic E-state index is 0.202. The maximum atomic E-state index is 12.8. The van der Waals surface area contributed by atoms with E-state index in [-0.39, 0.29) is 11.6 Å². The molecule has 0 atom stereocenters. The zero-order chi connectivity index (χ0) is 20.8. The monoisotopic (exact) mass is 393 g/mol. The molecule has 0 aliphatic carbocycles. The SMILES string of the molecule is COc1ccc(CCN(C)C(=O)c2cc(-c3ccc(OC)cc3)nc(=O)[nH]2)cc1. The number of aromatic nitrogens is 2. The molecular weight excluding hydrogens is 370 g/mol. The number of benzene rings is 2. The van der Waals surface area contributed by atoms with Gasteiger partial charge in [-0.2, -0.15) is 4.98 Å². The number of amides is 1. The molecule has 0 fully saturated rings. The third-order valence-electron chi connectivity index (χ3n) is 4.60. The maximum absolute atomic E-state index is 12.8. The van der Waals surface area contributed by atoms with Gasteiger partial charge in [0, 0.05) is 19.2 Å². The first-order valence-corrected chi connectivity index (χ1v) is 9.14. The number of rotatable bonds is 7. The molecule has 0 bridgehead atoms. The Kier molecular flexibility index (Phi) is 6.29. The van der Waals surface area contributed by atoms with Crippen LogP contribution in [0.5, 0.6) is 11.5 Å². The number of hydrogen-bond donors (Lipinski definition) is 1. The Labute approximate surface area is 168 Å². The summed E-state index contributed by atoms with van der Waals surface area (Å²) in [6, 6.07) is 16.4. The number of carbonyl (C=O) groups is 1. The Morgan fingerprint density at radius 3 is 2.17 bits per heavy atom. The van der Waals surface area contributed by atoms with Crippen LogP contribution in [0.3, 0.4) is 0 Å². The van der Waals surface area contributed by atoms with Crippen LogP contribution in [0, 0.1) is 0 Å². The average Bonchev–Trinajstić information content (AvgIpc) is 2.76. The summed E-state index contributed by atoms with van der Waals surface area (Å²) in [5.41, 5.74) is 1.89. The number of nitrogens with one attached hydrogen (secondary N) is 1. The van der Waals surface area contributed by atoms with Crippen LogP contribution in [0.1, 0.15) is 16.1 Å². The number of aromatic amines is 1. The lowest BCUT2D eigenvalue weighted by atomic mass is 10.1. The normalized spacial score (nSPS) is 10.4. The Morgan fingerprint density at radius 1 is 1.00 bits per heavy atom. The van der Waals surface area contributed by atoms with Crippen LogP contribution in [0.2, 0.25) is 0 Å². The number of carbonyl (C=O) groups excluding carboxylic acids is 1. The third-order valence-corrected chi connectivity index (χ3v) is 4.60. The molecule has 0 aliphatic rings. The van der Waals surface area contributed by atoms with E-state index < -0.39 is 5.69 Å². The van der Waals surface area contributed by atoms with E-state index in [0.717, 1.165) is 16.9 Å². The molecule has 1 N–H and O–H groups in total. The Morgan fingerprint density at radius 2 is 1.59 bits per heavy atom. The first-order valence-electron chi connectivity index (χ1n) is 9.14. The van der Waals surface area contributed by atoms with Crippen LogP contribution < -0.4 is 15.2 Å². The number of likely N-dealkylation sites (N-methyl/N-ethyl adjacent to an activating group) is 1. The summed E-state index contributed by atoms with van der Waals surface area (Å²) in [7, 11) is 4.91. The number of H-pyrrole nitrogens is 1. The van der Waals surface area contributed by atoms with Crippen LogP contribution >= 0.6 is 0 Å². The molecule has 2 aromatic carbocycles. The van der Waals surface area contributed by atoms with E-state index in [0.29, 0.717) is 24.4 Å². The molecule has 0 aliphatic heterocycles. The van der Waals surface area contributed by atoms with Crippen molar-refractivity contribution >= 4 is 5.91 Å². The molecule has 1 aromatic heterocycles. The second-order valence-corrected chi connectivity index (χ2v) is 6.54. The van der Waals surface area contributed by atoms with Crippen LogP contribution in [0.15, 0.2) is 59.4 Å². The van der Waals surface area contributed by atoms with Crippen molar-refractivity contribution in [3.05, 3.63) is 76.3 Å². The molecule has 0 saturated carbocycles. The van der Waals surface area contributed by atoms with Crippen molar-refractivity contribution in [2.45, 2.75) is 6.42 Å². The van der Waals surface area contributed by atoms with Crippen molar-refractivity contribution in [1.82, 2.24) is 14.9 Å². The smallest absolute Gasteiger partial charge is 0.346 e. The van der Waals surface area contributed by atoms with Crippen LogP contribution in [0.25, 0.3) is 11.3 Å². The summed E-state index contributed by atoms with van der Waals surface area (Å²) in [6.07, 6.45) is 0.687. The zero-order valence-electron chi connectivity index (χ0n) is 16.6. The fourth-order valence-corrected chi connectivity index (χ4v) is 2.88. The quantitative estimate of drug-likeness (QED) is 0.667. The van der Waals surface area contributed by atoms with Crippen molar-refractivity contribution < 1.29 is 14.3 Å². The van der Waals surface area contributed by atoms with Gasteiger partial charge in [-0.15, -0.1) is 0 Å². The van der Waals surface area contributed by atoms with Gasteiger partial charge >= 0.3 is 5.69 Å². The van der Waals surface area contributed by atoms with E-state index in [1.54, 1.807) is 56.5 Å². The number of nitrogens with zero attached hydrogens (tertiary/aromatic N) is 2. The van der Waals surface area contributed by atoms with Crippen molar-refractivity contribution in [1.29, 1.82) is 0 Å². The molecule has 3 aromatic rings. The summed E-state index contributed by atoms with van der Waals surface area (Å²) >= 11 is 0. The Balaban J connectivity index is 1.73. The number of methoxy groups -OCH3 is 2. The van der Waals surface area contributed by atoms with Gasteiger partial charge in [0.05, 0.1) is 19.9 Å². The lowest BCUT2D eigenvalue weighted by Crippen LogP contribution is -2.31. The van der Waals surface area contributed by atoms with E-state index >= 15 is 0 Å². The molecule has 0 unspecified atom stereocenters. The third kappa shape index (κ3) is 5.01. The van der Waals surface area contributed by atoms with Crippen molar-refractivity contribution in [2.75, 3.05) is 27.8 Å². The van der Waals surface area contributed by atoms with Gasteiger partial charge in [0.25, 0.3) is 5.91 Å². The lowest BCUT2D eigenvalue weighted by molar-refractivity contribution is 0.0790. The van der Waals surface area contributed by atoms with E-state index in [9.17, 15) is 9.59 Å². The topological polar surface area (TPSA) is 84.5 Å². The predicted molar refractivity (Wildman–Crippen MR) is 111 cm³/mol. The van der Waals surface area contributed by atoms with Gasteiger partial charge in [-0.25, -0.2) is 4.79 Å². The molecule has 3 rings (SSSR count). The van der Waals surface area contributed by atoms with Gasteiger partial charge in [-0.3, -0.25) is 4.79 Å². The van der Waals surface area contributed by atoms with Gasteiger partial charge in [-0.1, -0.05) is 12.1 Å². The molecule has 7 nitrogen and oxygen atoms in total. The standard InChI is InChI=1S/C22H23N3O4/c1-25(13-12-15-4-8-17(28-2)9-5-15)21(26)20-14-19(23-22(27)24-20)16-6-10-18(29-3)11-7-16/h4-11,14H,12-13H2,1-3H3,(H,23,24,27). The number of ether oxygens (including phenoxy) is 2. The summed E-state index contributed by atoms with van der Waals surface area (Å²) in [5.74, 6) is 1.22. The van der Waals surface area contributed by atoms with Gasteiger partial charge < -0.3 is 19.4 Å². The second-order valence-electron chi connectivity index (χ2n) is 6.54. The van der Waals surface area contributed by atoms with Gasteiger partial charge in [0.15, 0.2) is 0 Å². The first-order chi connectivity index (χ1) is 14.0. The maximum Gasteiger partial charge on any atom is 0.346 e. The Hall–Kier alpha value is -3.61. The minimum atomic E-state index is -0.565. The highest BCUT2D eigenvalue weighted by Gasteiger charge is 2.15. The molecule has 150 valence electrons. The van der Waals surface area contributed by atoms with Crippen molar-refractivity contribution in [3.8, 4) is 22.8 Å². The summed E-state index contributed by atoms with van der Waals surface area (Å²) in [5, 5.41) is 0. The van der Waals surface area contributed by atoms with Crippen LogP contribution in [-0.2, 0) is 6.42 Å². The average molecular weight is 393 g/mol. The summed E-state index contributed by atoms with van der Waals surface area (Å²) < 4.78 is 10.3. The van der Waals surface area contributed by atoms with Gasteiger partial charge in [0.1, 0.15) is 17.2 Å². The fourth-order valence-electron chi connectivity index (χ4n) is 2.88. The molecule has 1 heterocycles. The fraction of sp³-hybridized carbons (Fsp3) is 0.227. The highest BCUT2D eigenvalue weighted by Crippen LogP contribution is 2.20. The second kappa shape index (κ2) is 9.05. The largest absolute Gasteiger partial charge is 0.497 e. The minimum Gasteiger partial charge on any atom is -0.497 e. The van der Waals surface area contributed by atoms with E-state index in [1.165, 1.54) is 0 Å². The van der Waals surface area contributed by atoms with E-state index in [4.69, 9.17) is 9.47 Å². The van der Waals surface area contributed by atoms with Crippen LogP contribution in [0.4, 0.5) is 0 Å². The summed E-state index contributed by atoms with van der Waals surface area (Å²) in [6.45, 7) is 0.507. The predicted octanol–water partition coefficient (Wildman–Crippen LogP) is 2.77. The molecule has 29 heavy (non-hydrogen) atoms. The highest BCUT2D eigenvalue weighted by molar-refractivity contribution is 5.93. The lowest BCUT2D eigenvalue weighted by Gasteiger charge is -2.17. The van der Waals surface area contributed by atoms with Crippen molar-refractivity contribution in [2.24, 2.45) is 0 Å². The Bertz CT molecular complexity index is 1030. The molecule has 0 radical (unpaired) electrons. The van der Waals surface area contributed by atoms with E-state index in [2.05, 4.69) is 9.97 Å². The first kappa shape index (κ1) is 20.1. The highest BCUT2D eigenvalue weighted by atomic mass is 16.5. The van der Waals surface area contributed by atoms with Crippen LogP contribution in [-0.4, -0.2) is 48.6 Å². The number of hydrogen-bond acceptors (Lipinski definition) is 5.